The number of β-amino-alcohol motifs (C(OH)–C–C–N with tert-alkyl or cyclic N) is 1. The van der Waals surface area contributed by atoms with E-state index in [1.165, 1.54) is 0 Å². The number of amides is 1. The number of methoxy groups -OCH3 is 1. The quantitative estimate of drug-likeness (QED) is 0.928. The van der Waals surface area contributed by atoms with E-state index in [0.717, 1.165) is 5.56 Å². The normalized spacial score (nSPS) is 19.5. The number of aliphatic hydroxyl groups is 1. The van der Waals surface area contributed by atoms with Crippen molar-refractivity contribution in [2.45, 2.75) is 25.5 Å². The Morgan fingerprint density at radius 2 is 2.20 bits per heavy atom. The number of pyridine rings is 1. The molecule has 3 rings (SSSR count). The number of likely N-dealkylation sites (tertiary alicyclic amines) is 1. The molecule has 2 atom stereocenters. The minimum atomic E-state index is -0.584. The van der Waals surface area contributed by atoms with Crippen LogP contribution in [-0.2, 0) is 0 Å². The molecule has 1 aromatic heterocycles. The molecule has 1 fully saturated rings. The third kappa shape index (κ3) is 3.32. The second-order valence-corrected chi connectivity index (χ2v) is 6.08. The van der Waals surface area contributed by atoms with E-state index in [1.54, 1.807) is 31.1 Å². The van der Waals surface area contributed by atoms with Gasteiger partial charge in [0.15, 0.2) is 0 Å². The van der Waals surface area contributed by atoms with Crippen molar-refractivity contribution in [3.05, 3.63) is 58.9 Å². The number of aryl methyl sites for hydroxylation is 1. The van der Waals surface area contributed by atoms with E-state index < -0.39 is 6.10 Å². The molecular weight excluding hydrogens is 318 g/mol. The van der Waals surface area contributed by atoms with E-state index in [4.69, 9.17) is 10.00 Å². The number of carbonyl (C=O) groups is 1. The van der Waals surface area contributed by atoms with Gasteiger partial charge >= 0.3 is 0 Å². The topological polar surface area (TPSA) is 86.5 Å². The zero-order valence-electron chi connectivity index (χ0n) is 14.1. The van der Waals surface area contributed by atoms with Crippen molar-refractivity contribution in [1.82, 2.24) is 9.88 Å². The van der Waals surface area contributed by atoms with Crippen LogP contribution in [0.1, 0.15) is 39.8 Å². The van der Waals surface area contributed by atoms with Crippen molar-refractivity contribution in [1.29, 1.82) is 5.26 Å². The number of hydrogen-bond acceptors (Lipinski definition) is 5. The van der Waals surface area contributed by atoms with Gasteiger partial charge in [-0.25, -0.2) is 4.98 Å². The summed E-state index contributed by atoms with van der Waals surface area (Å²) in [6.07, 6.45) is -0.117. The van der Waals surface area contributed by atoms with E-state index in [2.05, 4.69) is 4.98 Å². The van der Waals surface area contributed by atoms with Gasteiger partial charge in [-0.05, 0) is 43.2 Å². The molecule has 0 aliphatic carbocycles. The largest absolute Gasteiger partial charge is 0.497 e. The summed E-state index contributed by atoms with van der Waals surface area (Å²) >= 11 is 0. The maximum atomic E-state index is 12.9. The van der Waals surface area contributed by atoms with Gasteiger partial charge in [0.2, 0.25) is 0 Å². The number of benzene rings is 1. The van der Waals surface area contributed by atoms with Crippen molar-refractivity contribution in [2.24, 2.45) is 0 Å². The number of nitrogens with zero attached hydrogens (tertiary/aromatic N) is 3. The van der Waals surface area contributed by atoms with Crippen LogP contribution in [-0.4, -0.2) is 40.7 Å². The van der Waals surface area contributed by atoms with Crippen molar-refractivity contribution >= 4 is 5.91 Å². The van der Waals surface area contributed by atoms with Gasteiger partial charge in [-0.1, -0.05) is 12.1 Å². The molecule has 1 amide bonds. The Bertz CT molecular complexity index is 844. The van der Waals surface area contributed by atoms with Gasteiger partial charge < -0.3 is 14.7 Å². The molecule has 1 aromatic carbocycles. The van der Waals surface area contributed by atoms with E-state index in [1.807, 2.05) is 30.3 Å². The van der Waals surface area contributed by atoms with Crippen LogP contribution in [0.5, 0.6) is 5.75 Å². The van der Waals surface area contributed by atoms with Crippen LogP contribution < -0.4 is 4.74 Å². The van der Waals surface area contributed by atoms with E-state index in [-0.39, 0.29) is 24.2 Å². The highest BCUT2D eigenvalue weighted by Gasteiger charge is 2.36. The van der Waals surface area contributed by atoms with Gasteiger partial charge in [0, 0.05) is 6.54 Å². The molecule has 6 heteroatoms. The highest BCUT2D eigenvalue weighted by atomic mass is 16.5. The van der Waals surface area contributed by atoms with Crippen LogP contribution in [0.2, 0.25) is 0 Å². The lowest BCUT2D eigenvalue weighted by molar-refractivity contribution is 0.0709. The standard InChI is InChI=1S/C19H19N3O3/c1-12-14(10-20)6-7-17(21-12)19(24)22-11-15(23)9-18(22)13-4-3-5-16(8-13)25-2/h3-8,15,18,23H,9,11H2,1-2H3/t15-,18-/m0/s1. The van der Waals surface area contributed by atoms with Gasteiger partial charge in [-0.3, -0.25) is 4.79 Å². The first kappa shape index (κ1) is 16.9. The maximum absolute atomic E-state index is 12.9. The first-order valence-electron chi connectivity index (χ1n) is 8.04. The first-order chi connectivity index (χ1) is 12.0. The number of aromatic nitrogens is 1. The van der Waals surface area contributed by atoms with E-state index >= 15 is 0 Å². The molecule has 2 aromatic rings. The van der Waals surface area contributed by atoms with Crippen LogP contribution in [0.3, 0.4) is 0 Å². The monoisotopic (exact) mass is 337 g/mol. The lowest BCUT2D eigenvalue weighted by Gasteiger charge is -2.25. The second-order valence-electron chi connectivity index (χ2n) is 6.08. The molecule has 1 aliphatic heterocycles. The fraction of sp³-hybridized carbons (Fsp3) is 0.316. The average molecular weight is 337 g/mol. The second kappa shape index (κ2) is 6.91. The predicted molar refractivity (Wildman–Crippen MR) is 91.1 cm³/mol. The Hall–Kier alpha value is -2.91. The Kier molecular flexibility index (Phi) is 4.68. The molecule has 0 radical (unpaired) electrons. The smallest absolute Gasteiger partial charge is 0.273 e. The number of aliphatic hydroxyl groups excluding tert-OH is 1. The summed E-state index contributed by atoms with van der Waals surface area (Å²) in [7, 11) is 1.59. The molecule has 1 aliphatic rings. The Morgan fingerprint density at radius 3 is 2.88 bits per heavy atom. The number of ether oxygens (including phenoxy) is 1. The number of hydrogen-bond donors (Lipinski definition) is 1. The molecule has 0 bridgehead atoms. The van der Waals surface area contributed by atoms with E-state index in [9.17, 15) is 9.90 Å². The molecule has 1 N–H and O–H groups in total. The van der Waals surface area contributed by atoms with Crippen LogP contribution in [0.25, 0.3) is 0 Å². The average Bonchev–Trinajstić information content (AvgIpc) is 3.02. The molecule has 2 heterocycles. The summed E-state index contributed by atoms with van der Waals surface area (Å²) in [5.41, 5.74) is 2.15. The SMILES string of the molecule is COc1cccc([C@@H]2C[C@H](O)CN2C(=O)c2ccc(C#N)c(C)n2)c1. The Labute approximate surface area is 146 Å². The molecule has 0 unspecified atom stereocenters. The van der Waals surface area contributed by atoms with Gasteiger partial charge in [-0.2, -0.15) is 5.26 Å². The van der Waals surface area contributed by atoms with Crippen LogP contribution in [0.4, 0.5) is 0 Å². The molecule has 25 heavy (non-hydrogen) atoms. The number of nitriles is 1. The first-order valence-corrected chi connectivity index (χ1v) is 8.04. The molecule has 1 saturated heterocycles. The fourth-order valence-corrected chi connectivity index (χ4v) is 3.15. The van der Waals surface area contributed by atoms with Crippen LogP contribution in [0, 0.1) is 18.3 Å². The summed E-state index contributed by atoms with van der Waals surface area (Å²) < 4.78 is 5.25. The summed E-state index contributed by atoms with van der Waals surface area (Å²) in [5, 5.41) is 19.1. The zero-order valence-corrected chi connectivity index (χ0v) is 14.1. The highest BCUT2D eigenvalue weighted by Crippen LogP contribution is 2.34. The molecular formula is C19H19N3O3. The Morgan fingerprint density at radius 1 is 1.40 bits per heavy atom. The van der Waals surface area contributed by atoms with Gasteiger partial charge in [-0.15, -0.1) is 0 Å². The summed E-state index contributed by atoms with van der Waals surface area (Å²) in [5.74, 6) is 0.454. The van der Waals surface area contributed by atoms with Crippen LogP contribution in [0.15, 0.2) is 36.4 Å². The summed E-state index contributed by atoms with van der Waals surface area (Å²) in [4.78, 5) is 18.8. The van der Waals surface area contributed by atoms with Crippen molar-refractivity contribution in [2.75, 3.05) is 13.7 Å². The Balaban J connectivity index is 1.92. The van der Waals surface area contributed by atoms with Crippen molar-refractivity contribution in [3.8, 4) is 11.8 Å². The van der Waals surface area contributed by atoms with Gasteiger partial charge in [0.25, 0.3) is 5.91 Å². The lowest BCUT2D eigenvalue weighted by Crippen LogP contribution is -2.32. The molecule has 128 valence electrons. The molecule has 6 nitrogen and oxygen atoms in total. The van der Waals surface area contributed by atoms with Gasteiger partial charge in [0.05, 0.1) is 30.5 Å². The van der Waals surface area contributed by atoms with Gasteiger partial charge in [0.1, 0.15) is 17.5 Å². The maximum Gasteiger partial charge on any atom is 0.273 e. The summed E-state index contributed by atoms with van der Waals surface area (Å²) in [6, 6.07) is 12.5. The third-order valence-corrected chi connectivity index (χ3v) is 4.44. The fourth-order valence-electron chi connectivity index (χ4n) is 3.15. The lowest BCUT2D eigenvalue weighted by atomic mass is 10.0. The minimum Gasteiger partial charge on any atom is -0.497 e. The molecule has 0 spiro atoms. The summed E-state index contributed by atoms with van der Waals surface area (Å²) in [6.45, 7) is 1.95. The van der Waals surface area contributed by atoms with Crippen molar-refractivity contribution < 1.29 is 14.6 Å². The zero-order chi connectivity index (χ0) is 18.0. The van der Waals surface area contributed by atoms with Crippen molar-refractivity contribution in [3.63, 3.8) is 0 Å². The number of rotatable bonds is 3. The molecule has 0 saturated carbocycles. The third-order valence-electron chi connectivity index (χ3n) is 4.44. The van der Waals surface area contributed by atoms with Crippen LogP contribution >= 0.6 is 0 Å². The van der Waals surface area contributed by atoms with E-state index in [0.29, 0.717) is 23.4 Å². The highest BCUT2D eigenvalue weighted by molar-refractivity contribution is 5.93. The number of carbonyl (C=O) groups excluding carboxylic acids is 1. The minimum absolute atomic E-state index is 0.240. The predicted octanol–water partition coefficient (Wildman–Crippen LogP) is 2.22.